The quantitative estimate of drug-likeness (QED) is 0.603. The van der Waals surface area contributed by atoms with E-state index in [1.165, 1.54) is 12.1 Å². The maximum absolute atomic E-state index is 12.4. The number of benzene rings is 1. The molecule has 8 nitrogen and oxygen atoms in total. The molecule has 1 aromatic rings. The fourth-order valence-electron chi connectivity index (χ4n) is 2.95. The first-order valence-electron chi connectivity index (χ1n) is 8.94. The summed E-state index contributed by atoms with van der Waals surface area (Å²) in [5, 5.41) is 6.12. The number of ether oxygens (including phenoxy) is 2. The lowest BCUT2D eigenvalue weighted by molar-refractivity contribution is -0.121. The fraction of sp³-hybridized carbons (Fsp3) is 0.588. The summed E-state index contributed by atoms with van der Waals surface area (Å²) in [6.45, 7) is 2.63. The summed E-state index contributed by atoms with van der Waals surface area (Å²) < 4.78 is 38.3. The Labute approximate surface area is 165 Å². The zero-order valence-corrected chi connectivity index (χ0v) is 16.7. The van der Waals surface area contributed by atoms with Crippen LogP contribution in [0, 0.1) is 0 Å². The highest BCUT2D eigenvalue weighted by atomic mass is 35.5. The van der Waals surface area contributed by atoms with Crippen LogP contribution in [0.5, 0.6) is 11.5 Å². The number of halogens is 1. The van der Waals surface area contributed by atoms with E-state index in [1.807, 2.05) is 0 Å². The average Bonchev–Trinajstić information content (AvgIpc) is 3.03. The van der Waals surface area contributed by atoms with Crippen molar-refractivity contribution in [2.75, 3.05) is 32.8 Å². The van der Waals surface area contributed by atoms with Crippen LogP contribution in [0.25, 0.3) is 0 Å². The molecule has 0 bridgehead atoms. The maximum atomic E-state index is 12.4. The SMILES string of the molecule is Cl.O=C(CCNS(=O)(=O)c1ccc2c(c1)OCCCO2)NCC1CCCN1. The van der Waals surface area contributed by atoms with Gasteiger partial charge in [0.2, 0.25) is 15.9 Å². The van der Waals surface area contributed by atoms with Gasteiger partial charge in [0.1, 0.15) is 0 Å². The van der Waals surface area contributed by atoms with E-state index in [4.69, 9.17) is 9.47 Å². The molecule has 1 atom stereocenters. The summed E-state index contributed by atoms with van der Waals surface area (Å²) in [6, 6.07) is 4.84. The lowest BCUT2D eigenvalue weighted by Crippen LogP contribution is -2.38. The number of carbonyl (C=O) groups is 1. The fourth-order valence-corrected chi connectivity index (χ4v) is 4.00. The third kappa shape index (κ3) is 6.24. The maximum Gasteiger partial charge on any atom is 0.240 e. The largest absolute Gasteiger partial charge is 0.490 e. The first-order chi connectivity index (χ1) is 12.5. The molecule has 1 aromatic carbocycles. The van der Waals surface area contributed by atoms with Crippen molar-refractivity contribution in [3.05, 3.63) is 18.2 Å². The van der Waals surface area contributed by atoms with Gasteiger partial charge in [-0.05, 0) is 31.5 Å². The Morgan fingerprint density at radius 2 is 1.96 bits per heavy atom. The minimum Gasteiger partial charge on any atom is -0.490 e. The van der Waals surface area contributed by atoms with Gasteiger partial charge in [-0.15, -0.1) is 12.4 Å². The van der Waals surface area contributed by atoms with Crippen LogP contribution in [0.4, 0.5) is 0 Å². The molecule has 1 saturated heterocycles. The Morgan fingerprint density at radius 1 is 1.19 bits per heavy atom. The van der Waals surface area contributed by atoms with E-state index < -0.39 is 10.0 Å². The van der Waals surface area contributed by atoms with Crippen molar-refractivity contribution in [1.29, 1.82) is 0 Å². The molecular formula is C17H26ClN3O5S. The van der Waals surface area contributed by atoms with Crippen molar-refractivity contribution < 1.29 is 22.7 Å². The molecule has 2 aliphatic rings. The number of sulfonamides is 1. The summed E-state index contributed by atoms with van der Waals surface area (Å²) in [7, 11) is -3.71. The number of fused-ring (bicyclic) bond motifs is 1. The standard InChI is InChI=1S/C17H25N3O5S.ClH/c21-17(19-12-13-3-1-7-18-13)6-8-20-26(22,23)14-4-5-15-16(11-14)25-10-2-9-24-15;/h4-5,11,13,18,20H,1-3,6-10,12H2,(H,19,21);1H. The molecule has 1 unspecified atom stereocenters. The summed E-state index contributed by atoms with van der Waals surface area (Å²) in [5.74, 6) is 0.800. The molecule has 2 heterocycles. The lowest BCUT2D eigenvalue weighted by atomic mass is 10.2. The van der Waals surface area contributed by atoms with Gasteiger partial charge in [0.05, 0.1) is 18.1 Å². The summed E-state index contributed by atoms with van der Waals surface area (Å²) >= 11 is 0. The van der Waals surface area contributed by atoms with Crippen LogP contribution >= 0.6 is 12.4 Å². The Morgan fingerprint density at radius 3 is 2.70 bits per heavy atom. The molecule has 27 heavy (non-hydrogen) atoms. The Bertz CT molecular complexity index is 738. The monoisotopic (exact) mass is 419 g/mol. The molecule has 1 fully saturated rings. The van der Waals surface area contributed by atoms with Gasteiger partial charge in [-0.1, -0.05) is 0 Å². The van der Waals surface area contributed by atoms with Crippen LogP contribution in [-0.4, -0.2) is 53.2 Å². The number of nitrogens with one attached hydrogen (secondary N) is 3. The van der Waals surface area contributed by atoms with Gasteiger partial charge in [0.15, 0.2) is 11.5 Å². The Kier molecular flexibility index (Phi) is 8.15. The summed E-state index contributed by atoms with van der Waals surface area (Å²) in [6.07, 6.45) is 3.02. The molecule has 0 aliphatic carbocycles. The second kappa shape index (κ2) is 10.1. The minimum atomic E-state index is -3.71. The Hall–Kier alpha value is -1.55. The van der Waals surface area contributed by atoms with E-state index in [-0.39, 0.29) is 36.2 Å². The molecule has 3 rings (SSSR count). The third-order valence-corrected chi connectivity index (χ3v) is 5.84. The second-order valence-corrected chi connectivity index (χ2v) is 8.17. The third-order valence-electron chi connectivity index (χ3n) is 4.38. The molecule has 2 aliphatic heterocycles. The van der Waals surface area contributed by atoms with Crippen molar-refractivity contribution in [1.82, 2.24) is 15.4 Å². The van der Waals surface area contributed by atoms with Crippen molar-refractivity contribution in [2.45, 2.75) is 36.6 Å². The van der Waals surface area contributed by atoms with Crippen LogP contribution in [0.15, 0.2) is 23.1 Å². The second-order valence-electron chi connectivity index (χ2n) is 6.40. The first kappa shape index (κ1) is 21.7. The predicted octanol–water partition coefficient (Wildman–Crippen LogP) is 0.806. The smallest absolute Gasteiger partial charge is 0.240 e. The average molecular weight is 420 g/mol. The molecule has 10 heteroatoms. The summed E-state index contributed by atoms with van der Waals surface area (Å²) in [4.78, 5) is 11.9. The van der Waals surface area contributed by atoms with Crippen LogP contribution < -0.4 is 24.8 Å². The van der Waals surface area contributed by atoms with Crippen molar-refractivity contribution in [3.8, 4) is 11.5 Å². The molecule has 0 spiro atoms. The molecule has 0 saturated carbocycles. The van der Waals surface area contributed by atoms with Crippen LogP contribution in [0.3, 0.4) is 0 Å². The highest BCUT2D eigenvalue weighted by Gasteiger charge is 2.19. The van der Waals surface area contributed by atoms with Crippen molar-refractivity contribution in [2.24, 2.45) is 0 Å². The van der Waals surface area contributed by atoms with E-state index in [1.54, 1.807) is 6.07 Å². The normalized spacial score (nSPS) is 19.0. The van der Waals surface area contributed by atoms with Crippen molar-refractivity contribution in [3.63, 3.8) is 0 Å². The molecular weight excluding hydrogens is 394 g/mol. The number of hydrogen-bond acceptors (Lipinski definition) is 6. The van der Waals surface area contributed by atoms with E-state index in [9.17, 15) is 13.2 Å². The summed E-state index contributed by atoms with van der Waals surface area (Å²) in [5.41, 5.74) is 0. The van der Waals surface area contributed by atoms with Gasteiger partial charge >= 0.3 is 0 Å². The molecule has 3 N–H and O–H groups in total. The lowest BCUT2D eigenvalue weighted by Gasteiger charge is -2.12. The van der Waals surface area contributed by atoms with Gasteiger partial charge in [0.25, 0.3) is 0 Å². The molecule has 152 valence electrons. The van der Waals surface area contributed by atoms with E-state index in [0.717, 1.165) is 25.8 Å². The van der Waals surface area contributed by atoms with Gasteiger partial charge in [-0.3, -0.25) is 4.79 Å². The number of rotatable bonds is 7. The van der Waals surface area contributed by atoms with E-state index in [2.05, 4.69) is 15.4 Å². The number of carbonyl (C=O) groups excluding carboxylic acids is 1. The van der Waals surface area contributed by atoms with Crippen LogP contribution in [0.1, 0.15) is 25.7 Å². The van der Waals surface area contributed by atoms with Gasteiger partial charge in [-0.2, -0.15) is 0 Å². The number of amides is 1. The first-order valence-corrected chi connectivity index (χ1v) is 10.4. The van der Waals surface area contributed by atoms with Crippen LogP contribution in [-0.2, 0) is 14.8 Å². The molecule has 1 amide bonds. The van der Waals surface area contributed by atoms with E-state index >= 15 is 0 Å². The zero-order valence-electron chi connectivity index (χ0n) is 15.0. The van der Waals surface area contributed by atoms with Gasteiger partial charge < -0.3 is 20.1 Å². The topological polar surface area (TPSA) is 106 Å². The minimum absolute atomic E-state index is 0. The zero-order chi connectivity index (χ0) is 18.4. The molecule has 0 radical (unpaired) electrons. The highest BCUT2D eigenvalue weighted by Crippen LogP contribution is 2.31. The number of hydrogen-bond donors (Lipinski definition) is 3. The van der Waals surface area contributed by atoms with E-state index in [0.29, 0.717) is 37.3 Å². The predicted molar refractivity (Wildman–Crippen MR) is 103 cm³/mol. The van der Waals surface area contributed by atoms with Gasteiger partial charge in [-0.25, -0.2) is 13.1 Å². The van der Waals surface area contributed by atoms with Crippen molar-refractivity contribution >= 4 is 28.3 Å². The highest BCUT2D eigenvalue weighted by molar-refractivity contribution is 7.89. The Balaban J connectivity index is 0.00000261. The van der Waals surface area contributed by atoms with Gasteiger partial charge in [0, 0.05) is 38.0 Å². The molecule has 0 aromatic heterocycles. The van der Waals surface area contributed by atoms with Crippen LogP contribution in [0.2, 0.25) is 0 Å².